The maximum absolute atomic E-state index is 13.1. The second-order valence-corrected chi connectivity index (χ2v) is 9.92. The summed E-state index contributed by atoms with van der Waals surface area (Å²) in [6.45, 7) is 3.44. The molecule has 3 aromatic rings. The van der Waals surface area contributed by atoms with E-state index in [0.717, 1.165) is 31.0 Å². The van der Waals surface area contributed by atoms with Crippen molar-refractivity contribution in [3.63, 3.8) is 0 Å². The molecule has 35 heavy (non-hydrogen) atoms. The molecular formula is C24H24Cl2N6O2S. The van der Waals surface area contributed by atoms with E-state index in [1.54, 1.807) is 36.4 Å². The molecule has 3 heterocycles. The van der Waals surface area contributed by atoms with Crippen molar-refractivity contribution in [2.45, 2.75) is 11.1 Å². The van der Waals surface area contributed by atoms with Gasteiger partial charge in [-0.2, -0.15) is 0 Å². The molecule has 2 N–H and O–H groups in total. The van der Waals surface area contributed by atoms with Gasteiger partial charge in [0.25, 0.3) is 5.91 Å². The van der Waals surface area contributed by atoms with Gasteiger partial charge in [-0.15, -0.1) is 0 Å². The number of piperazine rings is 1. The first kappa shape index (κ1) is 24.1. The molecule has 0 saturated carbocycles. The smallest absolute Gasteiger partial charge is 0.263 e. The van der Waals surface area contributed by atoms with Crippen LogP contribution in [-0.2, 0) is 4.74 Å². The molecule has 11 heteroatoms. The summed E-state index contributed by atoms with van der Waals surface area (Å²) < 4.78 is 5.38. The Morgan fingerprint density at radius 1 is 1.20 bits per heavy atom. The minimum Gasteiger partial charge on any atom is -0.383 e. The molecular weight excluding hydrogens is 507 g/mol. The average molecular weight is 531 g/mol. The fourth-order valence-electron chi connectivity index (χ4n) is 4.23. The highest BCUT2D eigenvalue weighted by atomic mass is 35.5. The number of methoxy groups -OCH3 is 1. The van der Waals surface area contributed by atoms with Crippen LogP contribution in [-0.4, -0.2) is 61.1 Å². The number of rotatable bonds is 6. The number of thioether (sulfide) groups is 1. The maximum Gasteiger partial charge on any atom is 0.263 e. The van der Waals surface area contributed by atoms with Crippen molar-refractivity contribution in [2.24, 2.45) is 0 Å². The van der Waals surface area contributed by atoms with Crippen LogP contribution in [0.1, 0.15) is 10.4 Å². The lowest BCUT2D eigenvalue weighted by molar-refractivity contribution is 0.0985. The molecule has 0 radical (unpaired) electrons. The third-order valence-corrected chi connectivity index (χ3v) is 7.51. The van der Waals surface area contributed by atoms with Crippen LogP contribution in [0.2, 0.25) is 10.0 Å². The van der Waals surface area contributed by atoms with Gasteiger partial charge < -0.3 is 20.3 Å². The Bertz CT molecular complexity index is 1210. The SMILES string of the molecule is COCC1CNCCN1c1ccc(Nc2ncc3c(n2)SCN(c2c(Cl)cccc2Cl)C3=O)cc1. The van der Waals surface area contributed by atoms with Gasteiger partial charge in [0.15, 0.2) is 0 Å². The first-order valence-electron chi connectivity index (χ1n) is 11.1. The molecule has 1 atom stereocenters. The van der Waals surface area contributed by atoms with E-state index in [9.17, 15) is 4.79 Å². The number of halogens is 2. The van der Waals surface area contributed by atoms with E-state index in [2.05, 4.69) is 37.6 Å². The fraction of sp³-hybridized carbons (Fsp3) is 0.292. The lowest BCUT2D eigenvalue weighted by Gasteiger charge is -2.37. The van der Waals surface area contributed by atoms with E-state index < -0.39 is 0 Å². The van der Waals surface area contributed by atoms with Crippen LogP contribution in [0.15, 0.2) is 53.7 Å². The zero-order valence-electron chi connectivity index (χ0n) is 19.0. The Morgan fingerprint density at radius 2 is 1.97 bits per heavy atom. The number of benzene rings is 2. The highest BCUT2D eigenvalue weighted by Gasteiger charge is 2.30. The van der Waals surface area contributed by atoms with Crippen molar-refractivity contribution < 1.29 is 9.53 Å². The summed E-state index contributed by atoms with van der Waals surface area (Å²) in [4.78, 5) is 26.0. The van der Waals surface area contributed by atoms with Crippen molar-refractivity contribution in [3.05, 3.63) is 64.3 Å². The van der Waals surface area contributed by atoms with E-state index in [0.29, 0.717) is 50.8 Å². The predicted octanol–water partition coefficient (Wildman–Crippen LogP) is 4.66. The Balaban J connectivity index is 1.30. The van der Waals surface area contributed by atoms with Crippen molar-refractivity contribution in [2.75, 3.05) is 54.3 Å². The zero-order chi connectivity index (χ0) is 24.4. The van der Waals surface area contributed by atoms with E-state index in [1.807, 2.05) is 12.1 Å². The second-order valence-electron chi connectivity index (χ2n) is 8.17. The second kappa shape index (κ2) is 10.6. The number of amides is 1. The highest BCUT2D eigenvalue weighted by molar-refractivity contribution is 7.99. The molecule has 1 amide bonds. The van der Waals surface area contributed by atoms with Gasteiger partial charge in [0, 0.05) is 44.3 Å². The van der Waals surface area contributed by atoms with Gasteiger partial charge in [0.1, 0.15) is 5.03 Å². The number of nitrogens with zero attached hydrogens (tertiary/aromatic N) is 4. The number of fused-ring (bicyclic) bond motifs is 1. The van der Waals surface area contributed by atoms with E-state index >= 15 is 0 Å². The van der Waals surface area contributed by atoms with Crippen LogP contribution in [0.25, 0.3) is 0 Å². The van der Waals surface area contributed by atoms with Gasteiger partial charge in [-0.25, -0.2) is 9.97 Å². The van der Waals surface area contributed by atoms with Gasteiger partial charge in [-0.3, -0.25) is 9.69 Å². The molecule has 182 valence electrons. The van der Waals surface area contributed by atoms with Crippen LogP contribution in [0, 0.1) is 0 Å². The quantitative estimate of drug-likeness (QED) is 0.445. The highest BCUT2D eigenvalue weighted by Crippen LogP contribution is 2.39. The fourth-order valence-corrected chi connectivity index (χ4v) is 5.78. The van der Waals surface area contributed by atoms with Crippen LogP contribution in [0.3, 0.4) is 0 Å². The molecule has 2 aliphatic heterocycles. The molecule has 0 bridgehead atoms. The van der Waals surface area contributed by atoms with Gasteiger partial charge in [-0.1, -0.05) is 41.0 Å². The number of aromatic nitrogens is 2. The largest absolute Gasteiger partial charge is 0.383 e. The Kier molecular flexibility index (Phi) is 7.31. The summed E-state index contributed by atoms with van der Waals surface area (Å²) in [5.74, 6) is 0.556. The van der Waals surface area contributed by atoms with Crippen LogP contribution >= 0.6 is 35.0 Å². The summed E-state index contributed by atoms with van der Waals surface area (Å²) in [5.41, 5.74) is 2.92. The van der Waals surface area contributed by atoms with Crippen molar-refractivity contribution in [1.82, 2.24) is 15.3 Å². The summed E-state index contributed by atoms with van der Waals surface area (Å²) in [6.07, 6.45) is 1.54. The van der Waals surface area contributed by atoms with Crippen molar-refractivity contribution in [3.8, 4) is 0 Å². The van der Waals surface area contributed by atoms with Gasteiger partial charge in [0.05, 0.1) is 39.8 Å². The molecule has 1 fully saturated rings. The van der Waals surface area contributed by atoms with Crippen molar-refractivity contribution in [1.29, 1.82) is 0 Å². The van der Waals surface area contributed by atoms with Gasteiger partial charge in [-0.05, 0) is 36.4 Å². The topological polar surface area (TPSA) is 82.6 Å². The third kappa shape index (κ3) is 5.05. The minimum absolute atomic E-state index is 0.230. The number of hydrogen-bond acceptors (Lipinski definition) is 8. The summed E-state index contributed by atoms with van der Waals surface area (Å²) >= 11 is 14.1. The maximum atomic E-state index is 13.1. The van der Waals surface area contributed by atoms with Crippen LogP contribution in [0.5, 0.6) is 0 Å². The standard InChI is InChI=1S/C24H24Cl2N6O2S/c1-34-13-17-11-27-9-10-31(17)16-7-5-15(6-8-16)29-24-28-12-18-22(30-24)35-14-32(23(18)33)21-19(25)3-2-4-20(21)26/h2-8,12,17,27H,9-11,13-14H2,1H3,(H,28,29,30). The molecule has 0 spiro atoms. The molecule has 2 aliphatic rings. The average Bonchev–Trinajstić information content (AvgIpc) is 2.86. The number of carbonyl (C=O) groups excluding carboxylic acids is 1. The normalized spacial score (nSPS) is 17.9. The van der Waals surface area contributed by atoms with Crippen LogP contribution < -0.4 is 20.4 Å². The number of hydrogen-bond donors (Lipinski definition) is 2. The van der Waals surface area contributed by atoms with Crippen molar-refractivity contribution >= 4 is 63.9 Å². The summed E-state index contributed by atoms with van der Waals surface area (Å²) in [7, 11) is 1.73. The number of anilines is 4. The molecule has 8 nitrogen and oxygen atoms in total. The van der Waals surface area contributed by atoms with E-state index in [1.165, 1.54) is 11.8 Å². The predicted molar refractivity (Wildman–Crippen MR) is 142 cm³/mol. The molecule has 1 aromatic heterocycles. The van der Waals surface area contributed by atoms with E-state index in [4.69, 9.17) is 27.9 Å². The number of nitrogens with one attached hydrogen (secondary N) is 2. The number of ether oxygens (including phenoxy) is 1. The Morgan fingerprint density at radius 3 is 2.71 bits per heavy atom. The van der Waals surface area contributed by atoms with Gasteiger partial charge in [0.2, 0.25) is 5.95 Å². The number of para-hydroxylation sites is 1. The molecule has 1 unspecified atom stereocenters. The first-order valence-corrected chi connectivity index (χ1v) is 12.9. The lowest BCUT2D eigenvalue weighted by Crippen LogP contribution is -2.53. The molecule has 2 aromatic carbocycles. The first-order chi connectivity index (χ1) is 17.0. The molecule has 0 aliphatic carbocycles. The number of carbonyl (C=O) groups is 1. The molecule has 5 rings (SSSR count). The minimum atomic E-state index is -0.230. The molecule has 1 saturated heterocycles. The Hall–Kier alpha value is -2.56. The lowest BCUT2D eigenvalue weighted by atomic mass is 10.1. The Labute approximate surface area is 218 Å². The van der Waals surface area contributed by atoms with Gasteiger partial charge >= 0.3 is 0 Å². The summed E-state index contributed by atoms with van der Waals surface area (Å²) in [5, 5.41) is 8.12. The van der Waals surface area contributed by atoms with Crippen LogP contribution in [0.4, 0.5) is 23.0 Å². The van der Waals surface area contributed by atoms with E-state index in [-0.39, 0.29) is 5.91 Å². The summed E-state index contributed by atoms with van der Waals surface area (Å²) in [6, 6.07) is 13.6. The monoisotopic (exact) mass is 530 g/mol. The third-order valence-electron chi connectivity index (χ3n) is 5.93. The zero-order valence-corrected chi connectivity index (χ0v) is 21.3.